The molecule has 1 aliphatic carbocycles. The van der Waals surface area contributed by atoms with Gasteiger partial charge in [0.05, 0.1) is 0 Å². The van der Waals surface area contributed by atoms with Gasteiger partial charge in [-0.2, -0.15) is 0 Å². The Labute approximate surface area is 140 Å². The molecule has 1 atom stereocenters. The third-order valence-electron chi connectivity index (χ3n) is 4.17. The first-order chi connectivity index (χ1) is 9.50. The lowest BCUT2D eigenvalue weighted by atomic mass is 9.95. The van der Waals surface area contributed by atoms with Crippen LogP contribution in [0.3, 0.4) is 0 Å². The maximum atomic E-state index is 5.52. The van der Waals surface area contributed by atoms with Gasteiger partial charge in [0.1, 0.15) is 5.60 Å². The van der Waals surface area contributed by atoms with E-state index in [4.69, 9.17) is 4.74 Å². The second-order valence-corrected chi connectivity index (χ2v) is 11.1. The molecule has 1 N–H and O–H groups in total. The summed E-state index contributed by atoms with van der Waals surface area (Å²) in [5.74, 6) is 0. The molecule has 3 nitrogen and oxygen atoms in total. The Morgan fingerprint density at radius 2 is 2.00 bits per heavy atom. The Morgan fingerprint density at radius 1 is 1.30 bits per heavy atom. The van der Waals surface area contributed by atoms with Crippen LogP contribution in [-0.4, -0.2) is 39.7 Å². The molecule has 1 aliphatic heterocycles. The maximum absolute atomic E-state index is 5.52. The van der Waals surface area contributed by atoms with E-state index < -0.39 is 11.6 Å². The van der Waals surface area contributed by atoms with Gasteiger partial charge in [-0.1, -0.05) is 32.1 Å². The van der Waals surface area contributed by atoms with Gasteiger partial charge in [-0.3, -0.25) is 9.62 Å². The Balaban J connectivity index is 1.55. The summed E-state index contributed by atoms with van der Waals surface area (Å²) in [6.45, 7) is 4.23. The van der Waals surface area contributed by atoms with Crippen LogP contribution in [0.25, 0.3) is 0 Å². The SMILES string of the molecule is C[PH]1=C(NCCCCN(S)C2CCCCC2)OC1(S)S. The summed E-state index contributed by atoms with van der Waals surface area (Å²) in [5.41, 5.74) is 1.02. The highest BCUT2D eigenvalue weighted by atomic mass is 32.2. The molecule has 1 heterocycles. The zero-order chi connectivity index (χ0) is 14.6. The van der Waals surface area contributed by atoms with Crippen LogP contribution in [0.4, 0.5) is 0 Å². The van der Waals surface area contributed by atoms with Crippen LogP contribution in [0.15, 0.2) is 0 Å². The summed E-state index contributed by atoms with van der Waals surface area (Å²) in [5, 5.41) is 3.38. The fourth-order valence-corrected chi connectivity index (χ4v) is 5.17. The summed E-state index contributed by atoms with van der Waals surface area (Å²) in [7, 11) is -0.742. The molecule has 0 aromatic carbocycles. The van der Waals surface area contributed by atoms with Crippen LogP contribution in [0.2, 0.25) is 0 Å². The predicted molar refractivity (Wildman–Crippen MR) is 101 cm³/mol. The van der Waals surface area contributed by atoms with Crippen molar-refractivity contribution in [3.63, 3.8) is 0 Å². The zero-order valence-electron chi connectivity index (χ0n) is 12.1. The van der Waals surface area contributed by atoms with Crippen molar-refractivity contribution in [1.29, 1.82) is 0 Å². The van der Waals surface area contributed by atoms with E-state index in [2.05, 4.69) is 54.4 Å². The average Bonchev–Trinajstić information content (AvgIpc) is 2.46. The number of thiol groups is 3. The highest BCUT2D eigenvalue weighted by molar-refractivity contribution is 8.11. The second-order valence-electron chi connectivity index (χ2n) is 5.75. The number of nitrogens with one attached hydrogen (secondary N) is 1. The number of hydrogen-bond acceptors (Lipinski definition) is 6. The Bertz CT molecular complexity index is 360. The largest absolute Gasteiger partial charge is 0.305 e. The molecule has 0 aromatic heterocycles. The summed E-state index contributed by atoms with van der Waals surface area (Å²) >= 11 is 13.4. The van der Waals surface area contributed by atoms with Gasteiger partial charge < -0.3 is 4.74 Å². The molecule has 0 aromatic rings. The lowest BCUT2D eigenvalue weighted by Crippen LogP contribution is -2.40. The van der Waals surface area contributed by atoms with Crippen molar-refractivity contribution >= 4 is 51.2 Å². The third-order valence-corrected chi connectivity index (χ3v) is 8.93. The summed E-state index contributed by atoms with van der Waals surface area (Å²) in [6, 6.07) is 0.698. The predicted octanol–water partition coefficient (Wildman–Crippen LogP) is 3.27. The van der Waals surface area contributed by atoms with Gasteiger partial charge in [-0.05, 0) is 39.9 Å². The smallest absolute Gasteiger partial charge is 0.180 e. The molecule has 0 radical (unpaired) electrons. The molecule has 0 saturated heterocycles. The lowest BCUT2D eigenvalue weighted by molar-refractivity contribution is 0.270. The Kier molecular flexibility index (Phi) is 7.20. The van der Waals surface area contributed by atoms with Crippen LogP contribution in [0.5, 0.6) is 0 Å². The molecule has 0 spiro atoms. The zero-order valence-corrected chi connectivity index (χ0v) is 15.8. The first kappa shape index (κ1) is 17.6. The van der Waals surface area contributed by atoms with E-state index in [1.54, 1.807) is 0 Å². The molecule has 7 heteroatoms. The van der Waals surface area contributed by atoms with Gasteiger partial charge >= 0.3 is 0 Å². The second kappa shape index (κ2) is 8.19. The molecule has 118 valence electrons. The van der Waals surface area contributed by atoms with Crippen LogP contribution in [0, 0.1) is 0 Å². The summed E-state index contributed by atoms with van der Waals surface area (Å²) in [4.78, 5) is 0. The van der Waals surface area contributed by atoms with Crippen molar-refractivity contribution < 1.29 is 4.74 Å². The van der Waals surface area contributed by atoms with Crippen molar-refractivity contribution in [1.82, 2.24) is 9.62 Å². The number of nitrogens with zero attached hydrogens (tertiary/aromatic N) is 1. The van der Waals surface area contributed by atoms with E-state index in [1.807, 2.05) is 0 Å². The lowest BCUT2D eigenvalue weighted by Gasteiger charge is -2.37. The van der Waals surface area contributed by atoms with Crippen molar-refractivity contribution in [3.05, 3.63) is 0 Å². The minimum Gasteiger partial charge on any atom is -0.305 e. The number of unbranched alkanes of at least 4 members (excludes halogenated alkanes) is 1. The molecule has 1 unspecified atom stereocenters. The van der Waals surface area contributed by atoms with E-state index in [-0.39, 0.29) is 0 Å². The minimum absolute atomic E-state index is 0.490. The topological polar surface area (TPSA) is 24.5 Å². The third kappa shape index (κ3) is 4.87. The van der Waals surface area contributed by atoms with Crippen LogP contribution in [0.1, 0.15) is 44.9 Å². The van der Waals surface area contributed by atoms with E-state index in [9.17, 15) is 0 Å². The average molecular weight is 355 g/mol. The van der Waals surface area contributed by atoms with Crippen LogP contribution < -0.4 is 5.32 Å². The van der Waals surface area contributed by atoms with Crippen LogP contribution >= 0.6 is 45.6 Å². The van der Waals surface area contributed by atoms with Crippen molar-refractivity contribution in [2.45, 2.75) is 55.0 Å². The van der Waals surface area contributed by atoms with Gasteiger partial charge in [-0.25, -0.2) is 0 Å². The Morgan fingerprint density at radius 3 is 2.60 bits per heavy atom. The van der Waals surface area contributed by atoms with Crippen molar-refractivity contribution in [2.24, 2.45) is 0 Å². The van der Waals surface area contributed by atoms with Gasteiger partial charge in [0.2, 0.25) is 0 Å². The van der Waals surface area contributed by atoms with E-state index in [1.165, 1.54) is 38.5 Å². The standard InChI is InChI=1S/C13H27N2OPS3/c1-17-12(16-13(17,18)19)14-9-5-6-10-15(20)11-7-3-2-4-8-11/h11,14,17-20H,2-10H2,1H3. The fraction of sp³-hybridized carbons (Fsp3) is 0.923. The van der Waals surface area contributed by atoms with Gasteiger partial charge in [-0.15, -0.1) is 25.3 Å². The molecule has 1 fully saturated rings. The molecule has 20 heavy (non-hydrogen) atoms. The summed E-state index contributed by atoms with van der Waals surface area (Å²) < 4.78 is 7.28. The maximum Gasteiger partial charge on any atom is 0.180 e. The van der Waals surface area contributed by atoms with E-state index in [0.717, 1.165) is 25.1 Å². The highest BCUT2D eigenvalue weighted by Crippen LogP contribution is 2.53. The van der Waals surface area contributed by atoms with Gasteiger partial charge in [0.25, 0.3) is 0 Å². The summed E-state index contributed by atoms with van der Waals surface area (Å²) in [6.07, 6.45) is 9.11. The van der Waals surface area contributed by atoms with Gasteiger partial charge in [0.15, 0.2) is 4.01 Å². The monoisotopic (exact) mass is 354 g/mol. The molecule has 2 aliphatic rings. The number of rotatable bonds is 7. The Hall–Kier alpha value is 1.23. The minimum atomic E-state index is -0.742. The first-order valence-corrected chi connectivity index (χ1v) is 10.8. The molecule has 2 rings (SSSR count). The van der Waals surface area contributed by atoms with Crippen molar-refractivity contribution in [2.75, 3.05) is 19.8 Å². The molecule has 0 amide bonds. The molecule has 1 saturated carbocycles. The quantitative estimate of drug-likeness (QED) is 0.244. The number of hydrogen-bond donors (Lipinski definition) is 4. The first-order valence-electron chi connectivity index (χ1n) is 7.55. The van der Waals surface area contributed by atoms with E-state index in [0.29, 0.717) is 6.04 Å². The highest BCUT2D eigenvalue weighted by Gasteiger charge is 2.36. The van der Waals surface area contributed by atoms with Gasteiger partial charge in [0, 0.05) is 19.1 Å². The molecular weight excluding hydrogens is 327 g/mol. The fourth-order valence-electron chi connectivity index (χ4n) is 2.73. The number of ether oxygens (including phenoxy) is 1. The molecule has 0 bridgehead atoms. The van der Waals surface area contributed by atoms with Crippen LogP contribution in [-0.2, 0) is 4.74 Å². The normalized spacial score (nSPS) is 26.9. The molecular formula is C13H27N2OPS3. The van der Waals surface area contributed by atoms with Crippen molar-refractivity contribution in [3.8, 4) is 0 Å². The van der Waals surface area contributed by atoms with E-state index >= 15 is 0 Å².